The van der Waals surface area contributed by atoms with Gasteiger partial charge >= 0.3 is 0 Å². The summed E-state index contributed by atoms with van der Waals surface area (Å²) in [7, 11) is 0. The summed E-state index contributed by atoms with van der Waals surface area (Å²) in [4.78, 5) is 25.2. The zero-order valence-corrected chi connectivity index (χ0v) is 18.9. The summed E-state index contributed by atoms with van der Waals surface area (Å²) in [5.74, 6) is 0.130. The molecule has 29 heavy (non-hydrogen) atoms. The molecule has 3 rings (SSSR count). The van der Waals surface area contributed by atoms with Gasteiger partial charge in [-0.05, 0) is 67.6 Å². The van der Waals surface area contributed by atoms with Gasteiger partial charge in [0.2, 0.25) is 11.6 Å². The first kappa shape index (κ1) is 21.9. The Hall–Kier alpha value is -1.84. The number of Topliss-reactive ketones (excluding diaryl/α,β-unsaturated/α-hetero) is 1. The number of carbonyl (C=O) groups is 2. The van der Waals surface area contributed by atoms with Crippen molar-refractivity contribution in [2.45, 2.75) is 73.6 Å². The topological polar surface area (TPSA) is 66.4 Å². The van der Waals surface area contributed by atoms with Crippen molar-refractivity contribution in [3.8, 4) is 0 Å². The van der Waals surface area contributed by atoms with E-state index in [1.807, 2.05) is 0 Å². The molecule has 3 aliphatic rings. The predicted octanol–water partition coefficient (Wildman–Crippen LogP) is 5.27. The Kier molecular flexibility index (Phi) is 5.86. The Morgan fingerprint density at radius 2 is 1.93 bits per heavy atom. The average Bonchev–Trinajstić information content (AvgIpc) is 2.66. The molecule has 0 heterocycles. The summed E-state index contributed by atoms with van der Waals surface area (Å²) in [6.45, 7) is 13.9. The van der Waals surface area contributed by atoms with Crippen LogP contribution in [0.3, 0.4) is 0 Å². The highest BCUT2D eigenvalue weighted by atomic mass is 16.3. The lowest BCUT2D eigenvalue weighted by atomic mass is 9.46. The number of nitrogens with one attached hydrogen (secondary N) is 1. The number of carbonyl (C=O) groups excluding carboxylic acids is 2. The second-order valence-corrected chi connectivity index (χ2v) is 10.4. The second kappa shape index (κ2) is 7.77. The maximum atomic E-state index is 12.8. The van der Waals surface area contributed by atoms with Crippen LogP contribution in [0, 0.1) is 28.6 Å². The third kappa shape index (κ3) is 3.71. The minimum atomic E-state index is -0.540. The Bertz CT molecular complexity index is 803. The summed E-state index contributed by atoms with van der Waals surface area (Å²) in [6.07, 6.45) is 8.50. The molecule has 0 aromatic heterocycles. The third-order valence-electron chi connectivity index (χ3n) is 8.17. The molecule has 2 N–H and O–H groups in total. The Morgan fingerprint density at radius 3 is 2.59 bits per heavy atom. The molecule has 0 aliphatic heterocycles. The number of ketones is 2. The third-order valence-corrected chi connectivity index (χ3v) is 8.17. The molecular formula is C25H37NO3. The fraction of sp³-hybridized carbons (Fsp3) is 0.680. The van der Waals surface area contributed by atoms with Crippen molar-refractivity contribution < 1.29 is 14.7 Å². The molecule has 1 saturated carbocycles. The average molecular weight is 400 g/mol. The number of hydrogen-bond donors (Lipinski definition) is 2. The van der Waals surface area contributed by atoms with Crippen molar-refractivity contribution >= 4 is 11.6 Å². The van der Waals surface area contributed by atoms with Crippen molar-refractivity contribution in [3.63, 3.8) is 0 Å². The van der Waals surface area contributed by atoms with Gasteiger partial charge in [-0.15, -0.1) is 0 Å². The molecule has 4 unspecified atom stereocenters. The van der Waals surface area contributed by atoms with Crippen molar-refractivity contribution in [2.24, 2.45) is 28.6 Å². The van der Waals surface area contributed by atoms with Crippen molar-refractivity contribution in [1.29, 1.82) is 0 Å². The lowest BCUT2D eigenvalue weighted by Crippen LogP contribution is -2.50. The molecule has 4 nitrogen and oxygen atoms in total. The number of aliphatic hydroxyl groups is 1. The minimum Gasteiger partial charge on any atom is -0.505 e. The number of rotatable bonds is 5. The van der Waals surface area contributed by atoms with Gasteiger partial charge in [0, 0.05) is 18.2 Å². The van der Waals surface area contributed by atoms with E-state index in [0.717, 1.165) is 25.7 Å². The fourth-order valence-corrected chi connectivity index (χ4v) is 5.89. The van der Waals surface area contributed by atoms with Crippen molar-refractivity contribution in [2.75, 3.05) is 6.54 Å². The van der Waals surface area contributed by atoms with Gasteiger partial charge in [-0.3, -0.25) is 9.59 Å². The van der Waals surface area contributed by atoms with Crippen LogP contribution in [0.5, 0.6) is 0 Å². The summed E-state index contributed by atoms with van der Waals surface area (Å²) >= 11 is 0. The summed E-state index contributed by atoms with van der Waals surface area (Å²) < 4.78 is 0. The highest BCUT2D eigenvalue weighted by Gasteiger charge is 2.54. The SMILES string of the molecule is CC1=CCCC2C1(C)CCC(C)C2(C)CC1=C(O)C(NCC(C)C)=CC(=O)C1=O. The molecule has 4 atom stereocenters. The molecule has 0 radical (unpaired) electrons. The Morgan fingerprint density at radius 1 is 1.24 bits per heavy atom. The fourth-order valence-electron chi connectivity index (χ4n) is 5.89. The first-order valence-corrected chi connectivity index (χ1v) is 11.1. The van der Waals surface area contributed by atoms with Gasteiger partial charge in [0.25, 0.3) is 0 Å². The van der Waals surface area contributed by atoms with Gasteiger partial charge in [-0.25, -0.2) is 0 Å². The normalized spacial score (nSPS) is 35.4. The molecule has 0 aromatic rings. The van der Waals surface area contributed by atoms with Crippen LogP contribution in [0.4, 0.5) is 0 Å². The number of hydrogen-bond acceptors (Lipinski definition) is 4. The molecule has 1 fully saturated rings. The van der Waals surface area contributed by atoms with E-state index >= 15 is 0 Å². The molecule has 0 amide bonds. The predicted molar refractivity (Wildman–Crippen MR) is 116 cm³/mol. The van der Waals surface area contributed by atoms with Crippen LogP contribution in [-0.4, -0.2) is 23.2 Å². The first-order chi connectivity index (χ1) is 13.5. The molecule has 0 saturated heterocycles. The van der Waals surface area contributed by atoms with Crippen LogP contribution < -0.4 is 5.32 Å². The van der Waals surface area contributed by atoms with Gasteiger partial charge in [0.05, 0.1) is 5.70 Å². The molecule has 0 spiro atoms. The van der Waals surface area contributed by atoms with E-state index in [-0.39, 0.29) is 16.6 Å². The number of aliphatic hydroxyl groups excluding tert-OH is 1. The maximum absolute atomic E-state index is 12.8. The lowest BCUT2D eigenvalue weighted by Gasteiger charge is -2.58. The zero-order chi connectivity index (χ0) is 21.6. The van der Waals surface area contributed by atoms with Crippen LogP contribution in [0.15, 0.2) is 34.8 Å². The Balaban J connectivity index is 1.98. The molecular weight excluding hydrogens is 362 g/mol. The zero-order valence-electron chi connectivity index (χ0n) is 18.9. The van der Waals surface area contributed by atoms with Gasteiger partial charge in [-0.2, -0.15) is 0 Å². The van der Waals surface area contributed by atoms with E-state index in [9.17, 15) is 14.7 Å². The molecule has 4 heteroatoms. The van der Waals surface area contributed by atoms with E-state index in [4.69, 9.17) is 0 Å². The minimum absolute atomic E-state index is 0.0287. The van der Waals surface area contributed by atoms with E-state index in [2.05, 4.69) is 52.9 Å². The molecule has 160 valence electrons. The van der Waals surface area contributed by atoms with Gasteiger partial charge in [-0.1, -0.05) is 46.3 Å². The second-order valence-electron chi connectivity index (χ2n) is 10.4. The summed E-state index contributed by atoms with van der Waals surface area (Å²) in [5.41, 5.74) is 2.14. The molecule has 0 bridgehead atoms. The monoisotopic (exact) mass is 399 g/mol. The van der Waals surface area contributed by atoms with Crippen LogP contribution >= 0.6 is 0 Å². The lowest BCUT2D eigenvalue weighted by molar-refractivity contribution is -0.132. The smallest absolute Gasteiger partial charge is 0.232 e. The highest BCUT2D eigenvalue weighted by molar-refractivity contribution is 6.48. The van der Waals surface area contributed by atoms with E-state index in [1.165, 1.54) is 11.6 Å². The van der Waals surface area contributed by atoms with E-state index < -0.39 is 11.6 Å². The maximum Gasteiger partial charge on any atom is 0.232 e. The van der Waals surface area contributed by atoms with Crippen LogP contribution in [0.25, 0.3) is 0 Å². The summed E-state index contributed by atoms with van der Waals surface area (Å²) in [6, 6.07) is 0. The van der Waals surface area contributed by atoms with Crippen molar-refractivity contribution in [3.05, 3.63) is 34.8 Å². The van der Waals surface area contributed by atoms with E-state index in [0.29, 0.717) is 42.0 Å². The molecule has 0 aromatic carbocycles. The number of allylic oxidation sites excluding steroid dienone is 4. The number of fused-ring (bicyclic) bond motifs is 1. The van der Waals surface area contributed by atoms with Crippen molar-refractivity contribution in [1.82, 2.24) is 5.32 Å². The van der Waals surface area contributed by atoms with Crippen LogP contribution in [0.1, 0.15) is 73.6 Å². The standard InChI is InChI=1S/C25H37NO3/c1-15(2)14-26-19-12-20(27)23(29)18(22(19)28)13-25(6)17(4)10-11-24(5)16(3)8-7-9-21(24)25/h8,12,15,17,21,26,28H,7,9-11,13-14H2,1-6H3. The van der Waals surface area contributed by atoms with E-state index in [1.54, 1.807) is 0 Å². The first-order valence-electron chi connectivity index (χ1n) is 11.1. The largest absolute Gasteiger partial charge is 0.505 e. The Labute approximate surface area is 175 Å². The van der Waals surface area contributed by atoms with Crippen LogP contribution in [0.2, 0.25) is 0 Å². The molecule has 3 aliphatic carbocycles. The van der Waals surface area contributed by atoms with Gasteiger partial charge in [0.15, 0.2) is 0 Å². The van der Waals surface area contributed by atoms with Gasteiger partial charge < -0.3 is 10.4 Å². The highest BCUT2D eigenvalue weighted by Crippen LogP contribution is 2.62. The van der Waals surface area contributed by atoms with Crippen LogP contribution in [-0.2, 0) is 9.59 Å². The quantitative estimate of drug-likeness (QED) is 0.375. The summed E-state index contributed by atoms with van der Waals surface area (Å²) in [5, 5.41) is 14.1. The van der Waals surface area contributed by atoms with Gasteiger partial charge in [0.1, 0.15) is 5.76 Å².